The number of nitrogens with one attached hydrogen (secondary N) is 1. The molecule has 1 N–H and O–H groups in total. The predicted octanol–water partition coefficient (Wildman–Crippen LogP) is 4.46. The third-order valence-electron chi connectivity index (χ3n) is 3.97. The molecular weight excluding hydrogens is 345 g/mol. The Morgan fingerprint density at radius 1 is 0.852 bits per heavy atom. The van der Waals surface area contributed by atoms with Gasteiger partial charge < -0.3 is 10.1 Å². The Morgan fingerprint density at radius 3 is 2.11 bits per heavy atom. The first-order valence-corrected chi connectivity index (χ1v) is 8.46. The van der Waals surface area contributed by atoms with Gasteiger partial charge in [-0.15, -0.1) is 0 Å². The van der Waals surface area contributed by atoms with E-state index in [0.29, 0.717) is 16.9 Å². The highest BCUT2D eigenvalue weighted by molar-refractivity contribution is 6.09. The minimum Gasteiger partial charge on any atom is -0.481 e. The number of halogens is 1. The summed E-state index contributed by atoms with van der Waals surface area (Å²) in [5, 5.41) is 2.49. The molecule has 0 aliphatic carbocycles. The first kappa shape index (κ1) is 18.3. The number of ketones is 1. The van der Waals surface area contributed by atoms with Crippen molar-refractivity contribution in [3.05, 3.63) is 95.8 Å². The summed E-state index contributed by atoms with van der Waals surface area (Å²) in [6.07, 6.45) is -0.833. The summed E-state index contributed by atoms with van der Waals surface area (Å²) in [5.74, 6) is -0.630. The molecule has 0 aliphatic heterocycles. The van der Waals surface area contributed by atoms with Gasteiger partial charge in [0.05, 0.1) is 5.69 Å². The topological polar surface area (TPSA) is 55.4 Å². The smallest absolute Gasteiger partial charge is 0.265 e. The van der Waals surface area contributed by atoms with Gasteiger partial charge in [0.1, 0.15) is 11.6 Å². The van der Waals surface area contributed by atoms with E-state index in [4.69, 9.17) is 4.74 Å². The average molecular weight is 363 g/mol. The van der Waals surface area contributed by atoms with Gasteiger partial charge >= 0.3 is 0 Å². The zero-order valence-electron chi connectivity index (χ0n) is 14.7. The highest BCUT2D eigenvalue weighted by Gasteiger charge is 2.17. The van der Waals surface area contributed by atoms with Crippen LogP contribution in [-0.4, -0.2) is 17.8 Å². The Balaban J connectivity index is 1.63. The summed E-state index contributed by atoms with van der Waals surface area (Å²) < 4.78 is 19.2. The van der Waals surface area contributed by atoms with Crippen LogP contribution in [0.2, 0.25) is 0 Å². The highest BCUT2D eigenvalue weighted by Crippen LogP contribution is 2.18. The number of benzene rings is 3. The van der Waals surface area contributed by atoms with E-state index in [2.05, 4.69) is 5.32 Å². The Labute approximate surface area is 156 Å². The van der Waals surface area contributed by atoms with Crippen molar-refractivity contribution < 1.29 is 18.7 Å². The van der Waals surface area contributed by atoms with Crippen molar-refractivity contribution in [1.29, 1.82) is 0 Å². The fourth-order valence-corrected chi connectivity index (χ4v) is 2.50. The van der Waals surface area contributed by atoms with Crippen molar-refractivity contribution in [2.75, 3.05) is 5.32 Å². The normalized spacial score (nSPS) is 11.5. The van der Waals surface area contributed by atoms with Crippen LogP contribution in [0.1, 0.15) is 22.8 Å². The monoisotopic (exact) mass is 363 g/mol. The summed E-state index contributed by atoms with van der Waals surface area (Å²) in [7, 11) is 0. The highest BCUT2D eigenvalue weighted by atomic mass is 19.1. The van der Waals surface area contributed by atoms with Crippen LogP contribution in [-0.2, 0) is 4.79 Å². The van der Waals surface area contributed by atoms with Crippen LogP contribution >= 0.6 is 0 Å². The lowest BCUT2D eigenvalue weighted by Gasteiger charge is -2.15. The maximum Gasteiger partial charge on any atom is 0.265 e. The largest absolute Gasteiger partial charge is 0.481 e. The van der Waals surface area contributed by atoms with Crippen LogP contribution in [0.15, 0.2) is 78.9 Å². The minimum absolute atomic E-state index is 0.0903. The Kier molecular flexibility index (Phi) is 5.61. The number of carbonyl (C=O) groups excluding carboxylic acids is 2. The maximum atomic E-state index is 13.6. The molecule has 0 unspecified atom stereocenters. The predicted molar refractivity (Wildman–Crippen MR) is 101 cm³/mol. The summed E-state index contributed by atoms with van der Waals surface area (Å²) in [5.41, 5.74) is 1.22. The van der Waals surface area contributed by atoms with Gasteiger partial charge in [-0.05, 0) is 43.3 Å². The number of carbonyl (C=O) groups is 2. The molecule has 136 valence electrons. The van der Waals surface area contributed by atoms with Gasteiger partial charge in [-0.25, -0.2) is 4.39 Å². The molecular formula is C22H18FNO3. The lowest BCUT2D eigenvalue weighted by Crippen LogP contribution is -2.30. The molecule has 27 heavy (non-hydrogen) atoms. The molecule has 0 heterocycles. The number of ether oxygens (including phenoxy) is 1. The molecule has 0 saturated heterocycles. The third-order valence-corrected chi connectivity index (χ3v) is 3.97. The van der Waals surface area contributed by atoms with Crippen LogP contribution in [0.25, 0.3) is 0 Å². The van der Waals surface area contributed by atoms with Crippen molar-refractivity contribution in [3.8, 4) is 5.75 Å². The Bertz CT molecular complexity index is 939. The second-order valence-electron chi connectivity index (χ2n) is 5.95. The first-order valence-electron chi connectivity index (χ1n) is 8.46. The molecule has 0 saturated carbocycles. The maximum absolute atomic E-state index is 13.6. The van der Waals surface area contributed by atoms with Crippen LogP contribution < -0.4 is 10.1 Å². The summed E-state index contributed by atoms with van der Waals surface area (Å²) in [4.78, 5) is 24.6. The van der Waals surface area contributed by atoms with E-state index in [1.54, 1.807) is 67.6 Å². The zero-order valence-corrected chi connectivity index (χ0v) is 14.7. The van der Waals surface area contributed by atoms with Gasteiger partial charge in [-0.2, -0.15) is 0 Å². The van der Waals surface area contributed by atoms with E-state index in [1.807, 2.05) is 6.07 Å². The Hall–Kier alpha value is -3.47. The molecule has 4 nitrogen and oxygen atoms in total. The number of amides is 1. The van der Waals surface area contributed by atoms with E-state index in [9.17, 15) is 14.0 Å². The van der Waals surface area contributed by atoms with Gasteiger partial charge in [0.2, 0.25) is 0 Å². The van der Waals surface area contributed by atoms with E-state index in [1.165, 1.54) is 12.1 Å². The quantitative estimate of drug-likeness (QED) is 0.658. The first-order chi connectivity index (χ1) is 13.0. The number of para-hydroxylation sites is 1. The van der Waals surface area contributed by atoms with Crippen LogP contribution in [0.4, 0.5) is 10.1 Å². The molecule has 0 bridgehead atoms. The third kappa shape index (κ3) is 4.58. The molecule has 3 aromatic carbocycles. The number of hydrogen-bond donors (Lipinski definition) is 1. The average Bonchev–Trinajstić information content (AvgIpc) is 2.70. The van der Waals surface area contributed by atoms with Crippen LogP contribution in [0, 0.1) is 5.82 Å². The van der Waals surface area contributed by atoms with Gasteiger partial charge in [0, 0.05) is 11.1 Å². The molecule has 0 radical (unpaired) electrons. The molecule has 0 aliphatic rings. The Morgan fingerprint density at radius 2 is 1.44 bits per heavy atom. The van der Waals surface area contributed by atoms with E-state index < -0.39 is 17.8 Å². The molecule has 1 amide bonds. The molecule has 0 spiro atoms. The lowest BCUT2D eigenvalue weighted by molar-refractivity contribution is -0.122. The van der Waals surface area contributed by atoms with Crippen molar-refractivity contribution in [2.24, 2.45) is 0 Å². The van der Waals surface area contributed by atoms with Gasteiger partial charge in [0.15, 0.2) is 11.9 Å². The fraction of sp³-hybridized carbons (Fsp3) is 0.0909. The molecule has 3 rings (SSSR count). The second kappa shape index (κ2) is 8.27. The molecule has 1 atom stereocenters. The van der Waals surface area contributed by atoms with Crippen molar-refractivity contribution >= 4 is 17.4 Å². The molecule has 0 aromatic heterocycles. The summed E-state index contributed by atoms with van der Waals surface area (Å²) >= 11 is 0. The fourth-order valence-electron chi connectivity index (χ4n) is 2.50. The zero-order chi connectivity index (χ0) is 19.2. The van der Waals surface area contributed by atoms with Crippen molar-refractivity contribution in [3.63, 3.8) is 0 Å². The number of anilines is 1. The molecule has 5 heteroatoms. The van der Waals surface area contributed by atoms with Crippen LogP contribution in [0.3, 0.4) is 0 Å². The van der Waals surface area contributed by atoms with Crippen LogP contribution in [0.5, 0.6) is 5.75 Å². The molecule has 0 fully saturated rings. The minimum atomic E-state index is -0.833. The number of hydrogen-bond acceptors (Lipinski definition) is 3. The van der Waals surface area contributed by atoms with E-state index >= 15 is 0 Å². The standard InChI is InChI=1S/C22H18FNO3/c1-15(22(26)24-20-10-6-5-9-19(20)23)27-18-13-11-17(12-14-18)21(25)16-7-3-2-4-8-16/h2-15H,1H3,(H,24,26)/t15-/m0/s1. The SMILES string of the molecule is C[C@H](Oc1ccc(C(=O)c2ccccc2)cc1)C(=O)Nc1ccccc1F. The number of rotatable bonds is 6. The summed E-state index contributed by atoms with van der Waals surface area (Å²) in [6.45, 7) is 1.57. The van der Waals surface area contributed by atoms with E-state index in [0.717, 1.165) is 0 Å². The lowest BCUT2D eigenvalue weighted by atomic mass is 10.0. The summed E-state index contributed by atoms with van der Waals surface area (Å²) in [6, 6.07) is 21.4. The van der Waals surface area contributed by atoms with Crippen molar-refractivity contribution in [2.45, 2.75) is 13.0 Å². The van der Waals surface area contributed by atoms with Gasteiger partial charge in [-0.1, -0.05) is 42.5 Å². The van der Waals surface area contributed by atoms with Gasteiger partial charge in [-0.3, -0.25) is 9.59 Å². The van der Waals surface area contributed by atoms with Gasteiger partial charge in [0.25, 0.3) is 5.91 Å². The second-order valence-corrected chi connectivity index (χ2v) is 5.95. The molecule has 3 aromatic rings. The van der Waals surface area contributed by atoms with Crippen molar-refractivity contribution in [1.82, 2.24) is 0 Å². The van der Waals surface area contributed by atoms with E-state index in [-0.39, 0.29) is 11.5 Å².